The molecule has 0 saturated carbocycles. The second-order valence-corrected chi connectivity index (χ2v) is 2.59. The van der Waals surface area contributed by atoms with E-state index in [1.165, 1.54) is 0 Å². The Labute approximate surface area is 66.9 Å². The Bertz CT molecular complexity index is 143. The van der Waals surface area contributed by atoms with Crippen molar-refractivity contribution in [3.05, 3.63) is 0 Å². The first-order valence-corrected chi connectivity index (χ1v) is 3.99. The summed E-state index contributed by atoms with van der Waals surface area (Å²) in [4.78, 5) is 10.1. The van der Waals surface area contributed by atoms with Crippen molar-refractivity contribution in [2.45, 2.75) is 39.0 Å². The molecule has 0 fully saturated rings. The lowest BCUT2D eigenvalue weighted by Gasteiger charge is -1.97. The molecule has 0 rings (SSSR count). The fourth-order valence-electron chi connectivity index (χ4n) is 0.835. The molecule has 0 saturated heterocycles. The lowest BCUT2D eigenvalue weighted by atomic mass is 10.1. The number of aliphatic carboxylic acids is 1. The van der Waals surface area contributed by atoms with Gasteiger partial charge in [0.1, 0.15) is 5.71 Å². The van der Waals surface area contributed by atoms with Gasteiger partial charge in [-0.25, -0.2) is 4.79 Å². The Morgan fingerprint density at radius 3 is 2.45 bits per heavy atom. The Morgan fingerprint density at radius 1 is 1.36 bits per heavy atom. The summed E-state index contributed by atoms with van der Waals surface area (Å²) in [7, 11) is 0. The van der Waals surface area contributed by atoms with Crippen LogP contribution in [0.25, 0.3) is 0 Å². The number of carbonyl (C=O) groups is 1. The highest BCUT2D eigenvalue weighted by Crippen LogP contribution is 2.02. The predicted molar refractivity (Wildman–Crippen MR) is 44.1 cm³/mol. The summed E-state index contributed by atoms with van der Waals surface area (Å²) < 4.78 is 0. The summed E-state index contributed by atoms with van der Waals surface area (Å²) >= 11 is 0. The molecule has 0 bridgehead atoms. The van der Waals surface area contributed by atoms with Crippen LogP contribution in [0.5, 0.6) is 0 Å². The SMILES string of the molecule is CCCCCCC(=N)C(=O)O. The standard InChI is InChI=1S/C8H15NO2/c1-2-3-4-5-6-7(9)8(10)11/h9H,2-6H2,1H3,(H,10,11). The highest BCUT2D eigenvalue weighted by molar-refractivity contribution is 6.34. The summed E-state index contributed by atoms with van der Waals surface area (Å²) in [5.41, 5.74) is -0.166. The normalized spacial score (nSPS) is 9.55. The molecule has 0 aromatic rings. The maximum atomic E-state index is 10.1. The van der Waals surface area contributed by atoms with Crippen molar-refractivity contribution in [1.29, 1.82) is 5.41 Å². The van der Waals surface area contributed by atoms with Gasteiger partial charge >= 0.3 is 5.97 Å². The monoisotopic (exact) mass is 157 g/mol. The zero-order valence-electron chi connectivity index (χ0n) is 6.89. The average Bonchev–Trinajstić information content (AvgIpc) is 1.97. The van der Waals surface area contributed by atoms with Gasteiger partial charge in [0.25, 0.3) is 0 Å². The van der Waals surface area contributed by atoms with E-state index in [0.717, 1.165) is 25.7 Å². The van der Waals surface area contributed by atoms with Crippen molar-refractivity contribution >= 4 is 11.7 Å². The van der Waals surface area contributed by atoms with Gasteiger partial charge in [-0.3, -0.25) is 5.41 Å². The number of carboxylic acid groups (broad SMARTS) is 1. The smallest absolute Gasteiger partial charge is 0.349 e. The predicted octanol–water partition coefficient (Wildman–Crippen LogP) is 2.06. The van der Waals surface area contributed by atoms with E-state index in [1.54, 1.807) is 0 Å². The highest BCUT2D eigenvalue weighted by atomic mass is 16.4. The minimum absolute atomic E-state index is 0.166. The number of carboxylic acids is 1. The third kappa shape index (κ3) is 5.58. The number of hydrogen-bond acceptors (Lipinski definition) is 2. The molecule has 2 N–H and O–H groups in total. The van der Waals surface area contributed by atoms with E-state index in [2.05, 4.69) is 6.92 Å². The van der Waals surface area contributed by atoms with Crippen LogP contribution in [0.15, 0.2) is 0 Å². The van der Waals surface area contributed by atoms with E-state index in [0.29, 0.717) is 6.42 Å². The number of unbranched alkanes of at least 4 members (excludes halogenated alkanes) is 3. The molecule has 0 amide bonds. The first kappa shape index (κ1) is 10.1. The fourth-order valence-corrected chi connectivity index (χ4v) is 0.835. The van der Waals surface area contributed by atoms with Crippen LogP contribution in [0.4, 0.5) is 0 Å². The molecule has 3 heteroatoms. The largest absolute Gasteiger partial charge is 0.477 e. The molecule has 64 valence electrons. The molecule has 0 aliphatic carbocycles. The van der Waals surface area contributed by atoms with Crippen molar-refractivity contribution in [3.8, 4) is 0 Å². The molecule has 3 nitrogen and oxygen atoms in total. The zero-order chi connectivity index (χ0) is 8.69. The maximum absolute atomic E-state index is 10.1. The summed E-state index contributed by atoms with van der Waals surface area (Å²) in [5.74, 6) is -1.08. The van der Waals surface area contributed by atoms with Crippen LogP contribution < -0.4 is 0 Å². The van der Waals surface area contributed by atoms with E-state index in [-0.39, 0.29) is 5.71 Å². The Balaban J connectivity index is 3.25. The second-order valence-electron chi connectivity index (χ2n) is 2.59. The summed E-state index contributed by atoms with van der Waals surface area (Å²) in [5, 5.41) is 15.3. The first-order valence-electron chi connectivity index (χ1n) is 3.99. The average molecular weight is 157 g/mol. The molecular formula is C8H15NO2. The summed E-state index contributed by atoms with van der Waals surface area (Å²) in [6.07, 6.45) is 4.55. The van der Waals surface area contributed by atoms with E-state index in [4.69, 9.17) is 10.5 Å². The topological polar surface area (TPSA) is 61.2 Å². The molecule has 0 aromatic carbocycles. The lowest BCUT2D eigenvalue weighted by molar-refractivity contribution is -0.129. The molecular weight excluding hydrogens is 142 g/mol. The van der Waals surface area contributed by atoms with Crippen LogP contribution in [-0.4, -0.2) is 16.8 Å². The first-order chi connectivity index (χ1) is 5.18. The number of hydrogen-bond donors (Lipinski definition) is 2. The van der Waals surface area contributed by atoms with Crippen LogP contribution in [0.2, 0.25) is 0 Å². The van der Waals surface area contributed by atoms with Crippen LogP contribution >= 0.6 is 0 Å². The van der Waals surface area contributed by atoms with Crippen LogP contribution in [0.3, 0.4) is 0 Å². The molecule has 0 aromatic heterocycles. The maximum Gasteiger partial charge on any atom is 0.349 e. The molecule has 0 unspecified atom stereocenters. The third-order valence-electron chi connectivity index (χ3n) is 1.54. The molecule has 0 heterocycles. The Kier molecular flexibility index (Phi) is 5.43. The van der Waals surface area contributed by atoms with Crippen molar-refractivity contribution in [3.63, 3.8) is 0 Å². The quantitative estimate of drug-likeness (QED) is 0.458. The van der Waals surface area contributed by atoms with Gasteiger partial charge in [0.2, 0.25) is 0 Å². The molecule has 0 spiro atoms. The van der Waals surface area contributed by atoms with Gasteiger partial charge in [0, 0.05) is 0 Å². The van der Waals surface area contributed by atoms with Gasteiger partial charge < -0.3 is 5.11 Å². The lowest BCUT2D eigenvalue weighted by Crippen LogP contribution is -2.10. The van der Waals surface area contributed by atoms with Gasteiger partial charge in [-0.15, -0.1) is 0 Å². The molecule has 11 heavy (non-hydrogen) atoms. The molecule has 0 aliphatic rings. The van der Waals surface area contributed by atoms with Crippen molar-refractivity contribution in [2.75, 3.05) is 0 Å². The minimum Gasteiger partial charge on any atom is -0.477 e. The van der Waals surface area contributed by atoms with Crippen molar-refractivity contribution in [2.24, 2.45) is 0 Å². The van der Waals surface area contributed by atoms with Crippen LogP contribution in [-0.2, 0) is 4.79 Å². The summed E-state index contributed by atoms with van der Waals surface area (Å²) in [6, 6.07) is 0. The van der Waals surface area contributed by atoms with Gasteiger partial charge in [-0.2, -0.15) is 0 Å². The van der Waals surface area contributed by atoms with E-state index in [1.807, 2.05) is 0 Å². The fraction of sp³-hybridized carbons (Fsp3) is 0.750. The highest BCUT2D eigenvalue weighted by Gasteiger charge is 2.04. The minimum atomic E-state index is -1.08. The summed E-state index contributed by atoms with van der Waals surface area (Å²) in [6.45, 7) is 2.10. The molecule has 0 radical (unpaired) electrons. The molecule has 0 aliphatic heterocycles. The van der Waals surface area contributed by atoms with Crippen molar-refractivity contribution < 1.29 is 9.90 Å². The Morgan fingerprint density at radius 2 is 2.00 bits per heavy atom. The van der Waals surface area contributed by atoms with Crippen molar-refractivity contribution in [1.82, 2.24) is 0 Å². The zero-order valence-corrected chi connectivity index (χ0v) is 6.89. The van der Waals surface area contributed by atoms with Gasteiger partial charge in [-0.05, 0) is 12.8 Å². The van der Waals surface area contributed by atoms with E-state index < -0.39 is 5.97 Å². The van der Waals surface area contributed by atoms with E-state index in [9.17, 15) is 4.79 Å². The van der Waals surface area contributed by atoms with Gasteiger partial charge in [0.15, 0.2) is 0 Å². The van der Waals surface area contributed by atoms with Crippen LogP contribution in [0, 0.1) is 5.41 Å². The second kappa shape index (κ2) is 5.89. The number of nitrogens with one attached hydrogen (secondary N) is 1. The van der Waals surface area contributed by atoms with Gasteiger partial charge in [-0.1, -0.05) is 26.2 Å². The molecule has 0 atom stereocenters. The van der Waals surface area contributed by atoms with Gasteiger partial charge in [0.05, 0.1) is 0 Å². The van der Waals surface area contributed by atoms with E-state index >= 15 is 0 Å². The number of rotatable bonds is 6. The Hall–Kier alpha value is -0.860. The van der Waals surface area contributed by atoms with Crippen LogP contribution in [0.1, 0.15) is 39.0 Å². The third-order valence-corrected chi connectivity index (χ3v) is 1.54.